The fourth-order valence-corrected chi connectivity index (χ4v) is 1.49. The number of hydrogen-bond acceptors (Lipinski definition) is 3. The highest BCUT2D eigenvalue weighted by Crippen LogP contribution is 2.15. The molecule has 0 aromatic heterocycles. The molecule has 0 aliphatic carbocycles. The van der Waals surface area contributed by atoms with E-state index in [2.05, 4.69) is 0 Å². The molecule has 6 heteroatoms. The van der Waals surface area contributed by atoms with Crippen LogP contribution in [-0.4, -0.2) is 33.2 Å². The quantitative estimate of drug-likeness (QED) is 0.690. The van der Waals surface area contributed by atoms with Crippen molar-refractivity contribution in [2.75, 3.05) is 0 Å². The standard InChI is InChI=1S/C15H12O6/c16-13(17)4-1-10-7-11(2-5-14(18)19)9-12(8-10)3-6-15(20)21/h1-9H,(H,16,17)(H,18,19)(H,20,21)/b4-1+,5-2+,6-3+. The third kappa shape index (κ3) is 6.53. The van der Waals surface area contributed by atoms with Crippen molar-refractivity contribution in [3.05, 3.63) is 53.1 Å². The van der Waals surface area contributed by atoms with Crippen LogP contribution in [0.1, 0.15) is 16.7 Å². The molecule has 21 heavy (non-hydrogen) atoms. The van der Waals surface area contributed by atoms with E-state index >= 15 is 0 Å². The molecule has 0 heterocycles. The maximum atomic E-state index is 10.5. The fourth-order valence-electron chi connectivity index (χ4n) is 1.49. The van der Waals surface area contributed by atoms with Crippen LogP contribution in [-0.2, 0) is 14.4 Å². The molecule has 0 bridgehead atoms. The Morgan fingerprint density at radius 1 is 0.619 bits per heavy atom. The Kier molecular flexibility index (Phi) is 5.64. The molecule has 3 N–H and O–H groups in total. The van der Waals surface area contributed by atoms with Gasteiger partial charge in [0.05, 0.1) is 0 Å². The second-order valence-corrected chi connectivity index (χ2v) is 3.95. The summed E-state index contributed by atoms with van der Waals surface area (Å²) in [6.45, 7) is 0. The highest BCUT2D eigenvalue weighted by molar-refractivity contribution is 5.88. The Labute approximate surface area is 120 Å². The van der Waals surface area contributed by atoms with Crippen molar-refractivity contribution in [1.82, 2.24) is 0 Å². The number of rotatable bonds is 6. The molecule has 0 aliphatic rings. The number of carboxylic acids is 3. The first kappa shape index (κ1) is 15.9. The molecule has 0 spiro atoms. The molecule has 0 aliphatic heterocycles. The highest BCUT2D eigenvalue weighted by atomic mass is 16.4. The lowest BCUT2D eigenvalue weighted by molar-refractivity contribution is -0.132. The van der Waals surface area contributed by atoms with Gasteiger partial charge < -0.3 is 15.3 Å². The van der Waals surface area contributed by atoms with E-state index in [0.29, 0.717) is 16.7 Å². The summed E-state index contributed by atoms with van der Waals surface area (Å²) >= 11 is 0. The van der Waals surface area contributed by atoms with Crippen molar-refractivity contribution in [2.45, 2.75) is 0 Å². The lowest BCUT2D eigenvalue weighted by Crippen LogP contribution is -1.89. The van der Waals surface area contributed by atoms with Crippen LogP contribution < -0.4 is 0 Å². The Bertz CT molecular complexity index is 549. The first-order valence-corrected chi connectivity index (χ1v) is 5.75. The van der Waals surface area contributed by atoms with Crippen LogP contribution in [0.15, 0.2) is 36.4 Å². The molecule has 0 saturated carbocycles. The van der Waals surface area contributed by atoms with Crippen LogP contribution >= 0.6 is 0 Å². The van der Waals surface area contributed by atoms with Gasteiger partial charge in [-0.2, -0.15) is 0 Å². The van der Waals surface area contributed by atoms with Crippen LogP contribution in [0.4, 0.5) is 0 Å². The summed E-state index contributed by atoms with van der Waals surface area (Å²) in [6.07, 6.45) is 6.80. The molecule has 0 amide bonds. The number of hydrogen-bond donors (Lipinski definition) is 3. The van der Waals surface area contributed by atoms with Crippen LogP contribution in [0.5, 0.6) is 0 Å². The Morgan fingerprint density at radius 2 is 0.857 bits per heavy atom. The summed E-state index contributed by atoms with van der Waals surface area (Å²) in [5.41, 5.74) is 1.53. The Balaban J connectivity index is 3.21. The van der Waals surface area contributed by atoms with Crippen molar-refractivity contribution < 1.29 is 29.7 Å². The summed E-state index contributed by atoms with van der Waals surface area (Å²) in [6, 6.07) is 4.74. The minimum atomic E-state index is -1.12. The molecular formula is C15H12O6. The van der Waals surface area contributed by atoms with Gasteiger partial charge in [-0.1, -0.05) is 0 Å². The summed E-state index contributed by atoms with van der Waals surface area (Å²) in [7, 11) is 0. The second kappa shape index (κ2) is 7.44. The second-order valence-electron chi connectivity index (χ2n) is 3.95. The summed E-state index contributed by atoms with van der Waals surface area (Å²) in [5, 5.41) is 25.8. The van der Waals surface area contributed by atoms with Crippen molar-refractivity contribution in [3.8, 4) is 0 Å². The molecule has 6 nitrogen and oxygen atoms in total. The van der Waals surface area contributed by atoms with Crippen LogP contribution in [0.2, 0.25) is 0 Å². The summed E-state index contributed by atoms with van der Waals surface area (Å²) in [5.74, 6) is -3.36. The number of carbonyl (C=O) groups is 3. The SMILES string of the molecule is O=C(O)/C=C/c1cc(/C=C/C(=O)O)cc(/C=C/C(=O)O)c1. The summed E-state index contributed by atoms with van der Waals surface area (Å²) < 4.78 is 0. The molecule has 0 fully saturated rings. The number of carboxylic acid groups (broad SMARTS) is 3. The smallest absolute Gasteiger partial charge is 0.328 e. The van der Waals surface area contributed by atoms with E-state index in [4.69, 9.17) is 15.3 Å². The van der Waals surface area contributed by atoms with Gasteiger partial charge in [0.1, 0.15) is 0 Å². The van der Waals surface area contributed by atoms with Crippen molar-refractivity contribution in [3.63, 3.8) is 0 Å². The van der Waals surface area contributed by atoms with Gasteiger partial charge in [-0.05, 0) is 53.1 Å². The van der Waals surface area contributed by atoms with Crippen molar-refractivity contribution >= 4 is 36.1 Å². The van der Waals surface area contributed by atoms with Gasteiger partial charge in [0.15, 0.2) is 0 Å². The van der Waals surface area contributed by atoms with E-state index in [0.717, 1.165) is 18.2 Å². The van der Waals surface area contributed by atoms with E-state index < -0.39 is 17.9 Å². The zero-order valence-corrected chi connectivity index (χ0v) is 10.8. The molecule has 0 unspecified atom stereocenters. The topological polar surface area (TPSA) is 112 Å². The van der Waals surface area contributed by atoms with Gasteiger partial charge in [0.2, 0.25) is 0 Å². The van der Waals surface area contributed by atoms with Gasteiger partial charge in [-0.3, -0.25) is 0 Å². The van der Waals surface area contributed by atoms with Crippen molar-refractivity contribution in [2.24, 2.45) is 0 Å². The average molecular weight is 288 g/mol. The van der Waals surface area contributed by atoms with Crippen LogP contribution in [0, 0.1) is 0 Å². The molecular weight excluding hydrogens is 276 g/mol. The van der Waals surface area contributed by atoms with Crippen molar-refractivity contribution in [1.29, 1.82) is 0 Å². The predicted octanol–water partition coefficient (Wildman–Crippen LogP) is 1.98. The monoisotopic (exact) mass is 288 g/mol. The maximum Gasteiger partial charge on any atom is 0.328 e. The fraction of sp³-hybridized carbons (Fsp3) is 0. The van der Waals surface area contributed by atoms with E-state index in [1.807, 2.05) is 0 Å². The average Bonchev–Trinajstić information content (AvgIpc) is 2.40. The minimum Gasteiger partial charge on any atom is -0.478 e. The molecule has 108 valence electrons. The first-order chi connectivity index (χ1) is 9.86. The van der Waals surface area contributed by atoms with E-state index in [9.17, 15) is 14.4 Å². The molecule has 0 saturated heterocycles. The lowest BCUT2D eigenvalue weighted by atomic mass is 10.0. The number of benzene rings is 1. The molecule has 0 atom stereocenters. The van der Waals surface area contributed by atoms with Gasteiger partial charge in [-0.15, -0.1) is 0 Å². The van der Waals surface area contributed by atoms with Gasteiger partial charge in [0, 0.05) is 18.2 Å². The first-order valence-electron chi connectivity index (χ1n) is 5.75. The zero-order chi connectivity index (χ0) is 15.8. The van der Waals surface area contributed by atoms with Crippen LogP contribution in [0.3, 0.4) is 0 Å². The molecule has 0 radical (unpaired) electrons. The summed E-state index contributed by atoms with van der Waals surface area (Å²) in [4.78, 5) is 31.5. The van der Waals surface area contributed by atoms with Gasteiger partial charge >= 0.3 is 17.9 Å². The van der Waals surface area contributed by atoms with E-state index in [1.54, 1.807) is 18.2 Å². The zero-order valence-electron chi connectivity index (χ0n) is 10.8. The molecule has 1 rings (SSSR count). The van der Waals surface area contributed by atoms with Crippen LogP contribution in [0.25, 0.3) is 18.2 Å². The van der Waals surface area contributed by atoms with E-state index in [-0.39, 0.29) is 0 Å². The van der Waals surface area contributed by atoms with Gasteiger partial charge in [0.25, 0.3) is 0 Å². The maximum absolute atomic E-state index is 10.5. The number of aliphatic carboxylic acids is 3. The molecule has 1 aromatic carbocycles. The third-order valence-corrected chi connectivity index (χ3v) is 2.26. The third-order valence-electron chi connectivity index (χ3n) is 2.26. The highest BCUT2D eigenvalue weighted by Gasteiger charge is 1.98. The Morgan fingerprint density at radius 3 is 1.05 bits per heavy atom. The normalized spacial score (nSPS) is 11.4. The lowest BCUT2D eigenvalue weighted by Gasteiger charge is -2.01. The Hall–Kier alpha value is -3.15. The largest absolute Gasteiger partial charge is 0.478 e. The van der Waals surface area contributed by atoms with Gasteiger partial charge in [-0.25, -0.2) is 14.4 Å². The predicted molar refractivity (Wildman–Crippen MR) is 76.5 cm³/mol. The van der Waals surface area contributed by atoms with E-state index in [1.165, 1.54) is 18.2 Å². The minimum absolute atomic E-state index is 0.509. The molecule has 1 aromatic rings.